The number of rotatable bonds is 3. The van der Waals surface area contributed by atoms with Gasteiger partial charge in [-0.1, -0.05) is 43.0 Å². The summed E-state index contributed by atoms with van der Waals surface area (Å²) in [5.41, 5.74) is 3.37. The van der Waals surface area contributed by atoms with Crippen LogP contribution in [0.5, 0.6) is 0 Å². The number of carbonyl (C=O) groups is 1. The number of amides is 1. The molecule has 0 spiro atoms. The third kappa shape index (κ3) is 4.19. The first-order chi connectivity index (χ1) is 10.1. The van der Waals surface area contributed by atoms with Gasteiger partial charge in [0.1, 0.15) is 11.6 Å². The van der Waals surface area contributed by atoms with Gasteiger partial charge in [0.2, 0.25) is 0 Å². The lowest BCUT2D eigenvalue weighted by Crippen LogP contribution is -2.36. The van der Waals surface area contributed by atoms with Crippen molar-refractivity contribution in [3.63, 3.8) is 0 Å². The lowest BCUT2D eigenvalue weighted by atomic mass is 9.95. The van der Waals surface area contributed by atoms with Crippen molar-refractivity contribution in [1.82, 2.24) is 5.32 Å². The van der Waals surface area contributed by atoms with Crippen molar-refractivity contribution in [2.75, 3.05) is 0 Å². The predicted molar refractivity (Wildman–Crippen MR) is 84.5 cm³/mol. The normalized spacial score (nSPS) is 16.3. The summed E-state index contributed by atoms with van der Waals surface area (Å²) in [6.07, 6.45) is 7.30. The van der Waals surface area contributed by atoms with Gasteiger partial charge in [-0.3, -0.25) is 4.79 Å². The average Bonchev–Trinajstić information content (AvgIpc) is 2.47. The van der Waals surface area contributed by atoms with Crippen LogP contribution in [0.1, 0.15) is 48.8 Å². The molecule has 0 bridgehead atoms. The third-order valence-electron chi connectivity index (χ3n) is 4.03. The van der Waals surface area contributed by atoms with E-state index in [1.54, 1.807) is 6.08 Å². The highest BCUT2D eigenvalue weighted by atomic mass is 16.1. The monoisotopic (exact) mass is 282 g/mol. The first-order valence-electron chi connectivity index (χ1n) is 7.60. The van der Waals surface area contributed by atoms with Gasteiger partial charge in [-0.05, 0) is 43.9 Å². The molecule has 0 aromatic heterocycles. The van der Waals surface area contributed by atoms with Gasteiger partial charge in [0.15, 0.2) is 0 Å². The molecule has 3 nitrogen and oxygen atoms in total. The number of aryl methyl sites for hydroxylation is 2. The Morgan fingerprint density at radius 3 is 2.62 bits per heavy atom. The summed E-state index contributed by atoms with van der Waals surface area (Å²) >= 11 is 0. The predicted octanol–water partition coefficient (Wildman–Crippen LogP) is 3.66. The van der Waals surface area contributed by atoms with Gasteiger partial charge in [0.25, 0.3) is 5.91 Å². The van der Waals surface area contributed by atoms with Crippen LogP contribution in [0, 0.1) is 25.2 Å². The highest BCUT2D eigenvalue weighted by molar-refractivity contribution is 6.02. The summed E-state index contributed by atoms with van der Waals surface area (Å²) < 4.78 is 0. The fourth-order valence-corrected chi connectivity index (χ4v) is 2.80. The average molecular weight is 282 g/mol. The molecule has 1 amide bonds. The maximum Gasteiger partial charge on any atom is 0.262 e. The van der Waals surface area contributed by atoms with Crippen LogP contribution in [0.3, 0.4) is 0 Å². The second-order valence-electron chi connectivity index (χ2n) is 5.84. The fraction of sp³-hybridized carbons (Fsp3) is 0.444. The highest BCUT2D eigenvalue weighted by Gasteiger charge is 2.18. The van der Waals surface area contributed by atoms with Crippen molar-refractivity contribution in [2.45, 2.75) is 52.0 Å². The van der Waals surface area contributed by atoms with Crippen LogP contribution in [-0.2, 0) is 4.79 Å². The zero-order valence-electron chi connectivity index (χ0n) is 12.8. The third-order valence-corrected chi connectivity index (χ3v) is 4.03. The molecule has 0 aliphatic heterocycles. The smallest absolute Gasteiger partial charge is 0.262 e. The molecule has 2 rings (SSSR count). The minimum absolute atomic E-state index is 0.188. The lowest BCUT2D eigenvalue weighted by molar-refractivity contribution is -0.117. The van der Waals surface area contributed by atoms with E-state index in [1.807, 2.05) is 32.0 Å². The minimum Gasteiger partial charge on any atom is -0.349 e. The molecule has 110 valence electrons. The Balaban J connectivity index is 2.12. The summed E-state index contributed by atoms with van der Waals surface area (Å²) in [4.78, 5) is 12.2. The van der Waals surface area contributed by atoms with Gasteiger partial charge in [0.05, 0.1) is 0 Å². The number of nitrogens with one attached hydrogen (secondary N) is 1. The molecule has 1 saturated carbocycles. The number of hydrogen-bond acceptors (Lipinski definition) is 2. The molecule has 0 heterocycles. The maximum atomic E-state index is 12.2. The molecule has 0 radical (unpaired) electrons. The number of nitrogens with zero attached hydrogens (tertiary/aromatic N) is 1. The Bertz CT molecular complexity index is 590. The van der Waals surface area contributed by atoms with Crippen LogP contribution >= 0.6 is 0 Å². The van der Waals surface area contributed by atoms with Gasteiger partial charge in [-0.25, -0.2) is 0 Å². The quantitative estimate of drug-likeness (QED) is 0.679. The number of benzene rings is 1. The molecule has 0 atom stereocenters. The molecule has 21 heavy (non-hydrogen) atoms. The van der Waals surface area contributed by atoms with E-state index in [4.69, 9.17) is 0 Å². The molecule has 1 aliphatic carbocycles. The van der Waals surface area contributed by atoms with E-state index >= 15 is 0 Å². The van der Waals surface area contributed by atoms with Crippen LogP contribution in [0.15, 0.2) is 23.8 Å². The zero-order valence-corrected chi connectivity index (χ0v) is 12.8. The number of hydrogen-bond donors (Lipinski definition) is 1. The van der Waals surface area contributed by atoms with Crippen molar-refractivity contribution < 1.29 is 4.79 Å². The van der Waals surface area contributed by atoms with E-state index in [2.05, 4.69) is 11.4 Å². The van der Waals surface area contributed by atoms with Crippen molar-refractivity contribution >= 4 is 12.0 Å². The maximum absolute atomic E-state index is 12.2. The van der Waals surface area contributed by atoms with E-state index in [0.29, 0.717) is 0 Å². The van der Waals surface area contributed by atoms with Gasteiger partial charge in [-0.15, -0.1) is 0 Å². The van der Waals surface area contributed by atoms with E-state index in [0.717, 1.165) is 36.8 Å². The van der Waals surface area contributed by atoms with Crippen LogP contribution in [-0.4, -0.2) is 11.9 Å². The summed E-state index contributed by atoms with van der Waals surface area (Å²) in [7, 11) is 0. The molecule has 3 heteroatoms. The van der Waals surface area contributed by atoms with Crippen LogP contribution in [0.2, 0.25) is 0 Å². The van der Waals surface area contributed by atoms with Gasteiger partial charge in [-0.2, -0.15) is 5.26 Å². The molecule has 0 unspecified atom stereocenters. The standard InChI is InChI=1S/C18H22N2O/c1-13-8-9-15(14(2)10-13)11-16(12-19)18(21)20-17-6-4-3-5-7-17/h8-11,17H,3-7H2,1-2H3,(H,20,21)/b16-11+. The molecule has 1 aromatic rings. The lowest BCUT2D eigenvalue weighted by Gasteiger charge is -2.22. The molecule has 0 saturated heterocycles. The van der Waals surface area contributed by atoms with Crippen LogP contribution < -0.4 is 5.32 Å². The van der Waals surface area contributed by atoms with E-state index in [1.165, 1.54) is 12.0 Å². The summed E-state index contributed by atoms with van der Waals surface area (Å²) in [6.45, 7) is 4.02. The van der Waals surface area contributed by atoms with Crippen molar-refractivity contribution in [3.05, 3.63) is 40.5 Å². The summed E-state index contributed by atoms with van der Waals surface area (Å²) in [5, 5.41) is 12.2. The summed E-state index contributed by atoms with van der Waals surface area (Å²) in [5.74, 6) is -0.246. The van der Waals surface area contributed by atoms with Crippen molar-refractivity contribution in [3.8, 4) is 6.07 Å². The Hall–Kier alpha value is -2.08. The second kappa shape index (κ2) is 7.08. The molecular weight excluding hydrogens is 260 g/mol. The largest absolute Gasteiger partial charge is 0.349 e. The first kappa shape index (κ1) is 15.3. The van der Waals surface area contributed by atoms with E-state index < -0.39 is 0 Å². The number of carbonyl (C=O) groups excluding carboxylic acids is 1. The van der Waals surface area contributed by atoms with Gasteiger partial charge >= 0.3 is 0 Å². The molecule has 1 N–H and O–H groups in total. The fourth-order valence-electron chi connectivity index (χ4n) is 2.80. The highest BCUT2D eigenvalue weighted by Crippen LogP contribution is 2.18. The molecule has 1 aliphatic rings. The van der Waals surface area contributed by atoms with E-state index in [9.17, 15) is 10.1 Å². The van der Waals surface area contributed by atoms with Crippen LogP contribution in [0.4, 0.5) is 0 Å². The van der Waals surface area contributed by atoms with Crippen molar-refractivity contribution in [2.24, 2.45) is 0 Å². The molecule has 1 fully saturated rings. The minimum atomic E-state index is -0.246. The summed E-state index contributed by atoms with van der Waals surface area (Å²) in [6, 6.07) is 8.26. The first-order valence-corrected chi connectivity index (χ1v) is 7.60. The Labute approximate surface area is 126 Å². The SMILES string of the molecule is Cc1ccc(/C=C(\C#N)C(=O)NC2CCCCC2)c(C)c1. The number of nitriles is 1. The van der Waals surface area contributed by atoms with E-state index in [-0.39, 0.29) is 17.5 Å². The zero-order chi connectivity index (χ0) is 15.2. The Morgan fingerprint density at radius 1 is 1.29 bits per heavy atom. The van der Waals surface area contributed by atoms with Gasteiger partial charge < -0.3 is 5.32 Å². The molecule has 1 aromatic carbocycles. The van der Waals surface area contributed by atoms with Crippen LogP contribution in [0.25, 0.3) is 6.08 Å². The van der Waals surface area contributed by atoms with Crippen molar-refractivity contribution in [1.29, 1.82) is 5.26 Å². The second-order valence-corrected chi connectivity index (χ2v) is 5.84. The Kier molecular flexibility index (Phi) is 5.16. The van der Waals surface area contributed by atoms with Gasteiger partial charge in [0, 0.05) is 6.04 Å². The molecular formula is C18H22N2O. The Morgan fingerprint density at radius 2 is 2.00 bits per heavy atom. The topological polar surface area (TPSA) is 52.9 Å².